The summed E-state index contributed by atoms with van der Waals surface area (Å²) in [5.74, 6) is 4.43. The van der Waals surface area contributed by atoms with Crippen LogP contribution < -0.4 is 5.73 Å². The molecule has 4 nitrogen and oxygen atoms in total. The Morgan fingerprint density at radius 1 is 0.740 bits per heavy atom. The van der Waals surface area contributed by atoms with Gasteiger partial charge < -0.3 is 15.7 Å². The van der Waals surface area contributed by atoms with Gasteiger partial charge in [-0.3, -0.25) is 4.90 Å². The number of likely N-dealkylation sites (tertiary alicyclic amines) is 1. The van der Waals surface area contributed by atoms with Crippen molar-refractivity contribution in [3.05, 3.63) is 96.4 Å². The van der Waals surface area contributed by atoms with E-state index in [1.165, 1.54) is 104 Å². The van der Waals surface area contributed by atoms with Gasteiger partial charge in [0.15, 0.2) is 0 Å². The lowest BCUT2D eigenvalue weighted by Gasteiger charge is -2.43. The molecule has 0 radical (unpaired) electrons. The number of nitrogens with one attached hydrogen (secondary N) is 2. The maximum atomic E-state index is 5.50. The van der Waals surface area contributed by atoms with Gasteiger partial charge >= 0.3 is 0 Å². The molecular formula is C46H70N4. The number of nitrogens with two attached hydrogens (primary N) is 1. The largest absolute Gasteiger partial charge is 0.361 e. The van der Waals surface area contributed by atoms with Gasteiger partial charge in [0, 0.05) is 53.3 Å². The van der Waals surface area contributed by atoms with Gasteiger partial charge in [0.05, 0.1) is 0 Å². The Kier molecular flexibility index (Phi) is 16.9. The molecule has 2 fully saturated rings. The average Bonchev–Trinajstić information content (AvgIpc) is 3.74. The molecule has 6 rings (SSSR count). The standard InChI is InChI=1S/C23H34N2.C13H24.C10H12N2/c1-4-6-10-20-15-19(9-5-2)17-25(18(20)3)14-13-21-16-24-23-12-8-7-11-22(21)23;1-4-6-12-9-8-11(3)13(10-12)7-5-2;11-6-5-8-7-12-10-4-2-1-3-9(8)10/h5,7-9,11-12,16,18-20,24H,4,6,10,13-15,17H2,1-3H3;4,6,11-13H,5,7-10H2,1-3H3;1-4,7,12H,5-6,11H2/b9-5-;6-4-;. The van der Waals surface area contributed by atoms with E-state index in [-0.39, 0.29) is 0 Å². The highest BCUT2D eigenvalue weighted by Gasteiger charge is 2.31. The summed E-state index contributed by atoms with van der Waals surface area (Å²) in [6, 6.07) is 17.7. The van der Waals surface area contributed by atoms with Gasteiger partial charge in [0.25, 0.3) is 0 Å². The van der Waals surface area contributed by atoms with Gasteiger partial charge in [0.1, 0.15) is 0 Å². The predicted octanol–water partition coefficient (Wildman–Crippen LogP) is 11.9. The van der Waals surface area contributed by atoms with Crippen LogP contribution in [0.5, 0.6) is 0 Å². The number of nitrogens with zero attached hydrogens (tertiary/aromatic N) is 1. The maximum absolute atomic E-state index is 5.50. The number of hydrogen-bond acceptors (Lipinski definition) is 2. The molecule has 274 valence electrons. The molecule has 0 spiro atoms. The van der Waals surface area contributed by atoms with Gasteiger partial charge in [-0.05, 0) is 125 Å². The molecule has 1 saturated carbocycles. The summed E-state index contributed by atoms with van der Waals surface area (Å²) in [7, 11) is 0. The number of para-hydroxylation sites is 2. The van der Waals surface area contributed by atoms with Gasteiger partial charge in [-0.15, -0.1) is 0 Å². The first-order valence-corrected chi connectivity index (χ1v) is 20.2. The molecule has 4 aromatic rings. The van der Waals surface area contributed by atoms with Crippen LogP contribution in [0.1, 0.15) is 110 Å². The SMILES string of the molecule is C/C=C\C1CC(CCCC)C(C)N(CCc2c[nH]c3ccccc23)C1.C/C=C\C1CCC(C)C(CCC)C1.NCCc1c[nH]c2ccccc12. The Bertz CT molecular complexity index is 1560. The molecule has 2 aliphatic rings. The van der Waals surface area contributed by atoms with Crippen molar-refractivity contribution >= 4 is 21.8 Å². The van der Waals surface area contributed by atoms with Crippen molar-refractivity contribution < 1.29 is 0 Å². The molecule has 2 aromatic heterocycles. The second-order valence-corrected chi connectivity index (χ2v) is 15.3. The zero-order valence-corrected chi connectivity index (χ0v) is 32.5. The van der Waals surface area contributed by atoms with E-state index in [0.717, 1.165) is 42.4 Å². The molecule has 0 amide bonds. The molecule has 4 heteroatoms. The minimum Gasteiger partial charge on any atom is -0.361 e. The number of aromatic amines is 2. The fourth-order valence-electron chi connectivity index (χ4n) is 8.73. The zero-order valence-electron chi connectivity index (χ0n) is 32.5. The third kappa shape index (κ3) is 11.5. The summed E-state index contributed by atoms with van der Waals surface area (Å²) in [5, 5.41) is 2.68. The van der Waals surface area contributed by atoms with Crippen LogP contribution in [0.4, 0.5) is 0 Å². The molecule has 1 aliphatic carbocycles. The average molecular weight is 679 g/mol. The highest BCUT2D eigenvalue weighted by Crippen LogP contribution is 2.37. The Labute approximate surface area is 305 Å². The number of fused-ring (bicyclic) bond motifs is 2. The van der Waals surface area contributed by atoms with Crippen molar-refractivity contribution in [1.82, 2.24) is 14.9 Å². The molecule has 2 aromatic carbocycles. The molecule has 0 bridgehead atoms. The highest BCUT2D eigenvalue weighted by molar-refractivity contribution is 5.83. The lowest BCUT2D eigenvalue weighted by atomic mass is 9.73. The lowest BCUT2D eigenvalue weighted by molar-refractivity contribution is 0.0759. The van der Waals surface area contributed by atoms with Crippen molar-refractivity contribution in [1.29, 1.82) is 0 Å². The fraction of sp³-hybridized carbons (Fsp3) is 0.565. The number of hydrogen-bond donors (Lipinski definition) is 3. The molecule has 3 heterocycles. The van der Waals surface area contributed by atoms with Crippen LogP contribution in [-0.4, -0.2) is 40.5 Å². The molecule has 4 N–H and O–H groups in total. The zero-order chi connectivity index (χ0) is 35.7. The summed E-state index contributed by atoms with van der Waals surface area (Å²) in [4.78, 5) is 9.39. The molecule has 1 aliphatic heterocycles. The van der Waals surface area contributed by atoms with E-state index in [9.17, 15) is 0 Å². The molecular weight excluding hydrogens is 609 g/mol. The van der Waals surface area contributed by atoms with Gasteiger partial charge in [-0.25, -0.2) is 0 Å². The van der Waals surface area contributed by atoms with Crippen LogP contribution in [0, 0.1) is 29.6 Å². The van der Waals surface area contributed by atoms with Crippen molar-refractivity contribution in [3.63, 3.8) is 0 Å². The monoisotopic (exact) mass is 679 g/mol. The first-order valence-electron chi connectivity index (χ1n) is 20.2. The van der Waals surface area contributed by atoms with E-state index in [0.29, 0.717) is 12.6 Å². The molecule has 6 unspecified atom stereocenters. The maximum Gasteiger partial charge on any atom is 0.0456 e. The predicted molar refractivity (Wildman–Crippen MR) is 220 cm³/mol. The van der Waals surface area contributed by atoms with Crippen LogP contribution in [-0.2, 0) is 12.8 Å². The number of unbranched alkanes of at least 4 members (excludes halogenated alkanes) is 1. The Balaban J connectivity index is 0.000000188. The van der Waals surface area contributed by atoms with Crippen LogP contribution >= 0.6 is 0 Å². The van der Waals surface area contributed by atoms with Gasteiger partial charge in [-0.2, -0.15) is 0 Å². The van der Waals surface area contributed by atoms with E-state index < -0.39 is 0 Å². The fourth-order valence-corrected chi connectivity index (χ4v) is 8.73. The normalized spacial score (nSPS) is 24.4. The van der Waals surface area contributed by atoms with Gasteiger partial charge in [0.2, 0.25) is 0 Å². The van der Waals surface area contributed by atoms with E-state index in [1.807, 2.05) is 12.3 Å². The topological polar surface area (TPSA) is 60.8 Å². The van der Waals surface area contributed by atoms with E-state index >= 15 is 0 Å². The summed E-state index contributed by atoms with van der Waals surface area (Å²) >= 11 is 0. The Hall–Kier alpha value is -3.08. The smallest absolute Gasteiger partial charge is 0.0456 e. The minimum atomic E-state index is 0.707. The first kappa shape index (κ1) is 39.7. The summed E-state index contributed by atoms with van der Waals surface area (Å²) in [5.41, 5.74) is 10.7. The first-order chi connectivity index (χ1) is 24.4. The van der Waals surface area contributed by atoms with E-state index in [1.54, 1.807) is 0 Å². The van der Waals surface area contributed by atoms with Crippen LogP contribution in [0.3, 0.4) is 0 Å². The number of H-pyrrole nitrogens is 2. The molecule has 6 atom stereocenters. The number of aromatic nitrogens is 2. The third-order valence-corrected chi connectivity index (χ3v) is 11.7. The third-order valence-electron chi connectivity index (χ3n) is 11.7. The van der Waals surface area contributed by atoms with Crippen molar-refractivity contribution in [2.24, 2.45) is 35.3 Å². The van der Waals surface area contributed by atoms with Crippen LogP contribution in [0.15, 0.2) is 85.2 Å². The Morgan fingerprint density at radius 2 is 1.34 bits per heavy atom. The van der Waals surface area contributed by atoms with Crippen molar-refractivity contribution in [2.75, 3.05) is 19.6 Å². The summed E-state index contributed by atoms with van der Waals surface area (Å²) < 4.78 is 0. The summed E-state index contributed by atoms with van der Waals surface area (Å²) in [6.07, 6.45) is 28.2. The van der Waals surface area contributed by atoms with Crippen LogP contribution in [0.25, 0.3) is 21.8 Å². The Morgan fingerprint density at radius 3 is 1.94 bits per heavy atom. The van der Waals surface area contributed by atoms with E-state index in [4.69, 9.17) is 5.73 Å². The lowest BCUT2D eigenvalue weighted by Crippen LogP contribution is -2.47. The number of piperidine rings is 1. The van der Waals surface area contributed by atoms with Gasteiger partial charge in [-0.1, -0.05) is 107 Å². The minimum absolute atomic E-state index is 0.707. The van der Waals surface area contributed by atoms with Crippen molar-refractivity contribution in [2.45, 2.75) is 118 Å². The van der Waals surface area contributed by atoms with Crippen LogP contribution in [0.2, 0.25) is 0 Å². The van der Waals surface area contributed by atoms with E-state index in [2.05, 4.69) is 129 Å². The number of allylic oxidation sites excluding steroid dienone is 3. The number of rotatable bonds is 12. The highest BCUT2D eigenvalue weighted by atomic mass is 15.2. The quantitative estimate of drug-likeness (QED) is 0.131. The second-order valence-electron chi connectivity index (χ2n) is 15.3. The molecule has 50 heavy (non-hydrogen) atoms. The summed E-state index contributed by atoms with van der Waals surface area (Å²) in [6.45, 7) is 16.9. The van der Waals surface area contributed by atoms with Crippen molar-refractivity contribution in [3.8, 4) is 0 Å². The second kappa shape index (κ2) is 21.3. The molecule has 1 saturated heterocycles. The number of benzene rings is 2.